The van der Waals surface area contributed by atoms with Gasteiger partial charge < -0.3 is 5.73 Å². The molecule has 1 saturated heterocycles. The van der Waals surface area contributed by atoms with E-state index in [1.54, 1.807) is 13.0 Å². The number of likely N-dealkylation sites (tertiary alicyclic amines) is 1. The van der Waals surface area contributed by atoms with Gasteiger partial charge in [-0.25, -0.2) is 0 Å². The van der Waals surface area contributed by atoms with Crippen LogP contribution in [0.5, 0.6) is 0 Å². The highest BCUT2D eigenvalue weighted by Gasteiger charge is 2.34. The van der Waals surface area contributed by atoms with Crippen molar-refractivity contribution in [1.82, 2.24) is 4.90 Å². The lowest BCUT2D eigenvalue weighted by atomic mass is 9.79. The van der Waals surface area contributed by atoms with Gasteiger partial charge in [0.1, 0.15) is 0 Å². The molecule has 0 amide bonds. The summed E-state index contributed by atoms with van der Waals surface area (Å²) < 4.78 is 38.0. The monoisotopic (exact) mass is 300 g/mol. The fourth-order valence-electron chi connectivity index (χ4n) is 2.91. The van der Waals surface area contributed by atoms with Crippen molar-refractivity contribution in [2.45, 2.75) is 46.0 Å². The molecule has 0 spiro atoms. The topological polar surface area (TPSA) is 29.3 Å². The zero-order valence-corrected chi connectivity index (χ0v) is 12.8. The molecule has 1 aliphatic heterocycles. The van der Waals surface area contributed by atoms with Crippen LogP contribution in [-0.2, 0) is 12.7 Å². The second-order valence-corrected chi connectivity index (χ2v) is 6.73. The molecule has 1 heterocycles. The Balaban J connectivity index is 2.10. The Kier molecular flexibility index (Phi) is 4.36. The molecule has 0 saturated carbocycles. The molecular weight excluding hydrogens is 277 g/mol. The van der Waals surface area contributed by atoms with E-state index in [4.69, 9.17) is 5.73 Å². The van der Waals surface area contributed by atoms with Crippen LogP contribution in [0.1, 0.15) is 37.0 Å². The van der Waals surface area contributed by atoms with Crippen LogP contribution in [0, 0.1) is 12.3 Å². The number of halogens is 3. The Bertz CT molecular complexity index is 509. The highest BCUT2D eigenvalue weighted by Crippen LogP contribution is 2.32. The van der Waals surface area contributed by atoms with E-state index in [1.165, 1.54) is 12.1 Å². The lowest BCUT2D eigenvalue weighted by Crippen LogP contribution is -2.52. The average Bonchev–Trinajstić information content (AvgIpc) is 2.34. The number of nitrogens with two attached hydrogens (primary N) is 1. The van der Waals surface area contributed by atoms with Crippen molar-refractivity contribution in [3.05, 3.63) is 34.9 Å². The standard InChI is InChI=1S/C16H23F3N2/c1-11-8-13(16(17,18)19)5-4-12(11)9-21-7-6-14(20)15(2,3)10-21/h4-5,8,14H,6-7,9-10,20H2,1-3H3. The summed E-state index contributed by atoms with van der Waals surface area (Å²) >= 11 is 0. The minimum atomic E-state index is -4.27. The summed E-state index contributed by atoms with van der Waals surface area (Å²) in [5.74, 6) is 0. The summed E-state index contributed by atoms with van der Waals surface area (Å²) in [7, 11) is 0. The van der Waals surface area contributed by atoms with Crippen LogP contribution in [0.4, 0.5) is 13.2 Å². The molecule has 1 unspecified atom stereocenters. The maximum atomic E-state index is 12.7. The molecule has 1 aromatic rings. The van der Waals surface area contributed by atoms with Crippen LogP contribution in [0.3, 0.4) is 0 Å². The number of benzene rings is 1. The van der Waals surface area contributed by atoms with Crippen molar-refractivity contribution in [1.29, 1.82) is 0 Å². The third-order valence-electron chi connectivity index (χ3n) is 4.46. The number of nitrogens with zero attached hydrogens (tertiary/aromatic N) is 1. The predicted molar refractivity (Wildman–Crippen MR) is 77.8 cm³/mol. The molecule has 2 nitrogen and oxygen atoms in total. The Morgan fingerprint density at radius 1 is 1.33 bits per heavy atom. The fraction of sp³-hybridized carbons (Fsp3) is 0.625. The Labute approximate surface area is 124 Å². The Morgan fingerprint density at radius 3 is 2.52 bits per heavy atom. The minimum absolute atomic E-state index is 0.0397. The predicted octanol–water partition coefficient (Wildman–Crippen LogP) is 3.57. The maximum Gasteiger partial charge on any atom is 0.416 e. The number of alkyl halides is 3. The number of hydrogen-bond donors (Lipinski definition) is 1. The van der Waals surface area contributed by atoms with Gasteiger partial charge in [-0.15, -0.1) is 0 Å². The van der Waals surface area contributed by atoms with Crippen LogP contribution >= 0.6 is 0 Å². The first kappa shape index (κ1) is 16.3. The molecule has 118 valence electrons. The molecular formula is C16H23F3N2. The molecule has 0 radical (unpaired) electrons. The molecule has 1 atom stereocenters. The van der Waals surface area contributed by atoms with Gasteiger partial charge in [0, 0.05) is 25.7 Å². The zero-order valence-electron chi connectivity index (χ0n) is 12.8. The van der Waals surface area contributed by atoms with E-state index < -0.39 is 11.7 Å². The first-order chi connectivity index (χ1) is 9.59. The number of rotatable bonds is 2. The van der Waals surface area contributed by atoms with Gasteiger partial charge in [-0.3, -0.25) is 4.90 Å². The number of aryl methyl sites for hydroxylation is 1. The van der Waals surface area contributed by atoms with E-state index in [0.29, 0.717) is 12.1 Å². The third-order valence-corrected chi connectivity index (χ3v) is 4.46. The van der Waals surface area contributed by atoms with Crippen LogP contribution in [0.15, 0.2) is 18.2 Å². The van der Waals surface area contributed by atoms with E-state index in [-0.39, 0.29) is 11.5 Å². The van der Waals surface area contributed by atoms with Crippen LogP contribution < -0.4 is 5.73 Å². The molecule has 21 heavy (non-hydrogen) atoms. The second kappa shape index (κ2) is 5.61. The number of piperidine rings is 1. The first-order valence-corrected chi connectivity index (χ1v) is 7.24. The Hall–Kier alpha value is -1.07. The van der Waals surface area contributed by atoms with Gasteiger partial charge in [-0.05, 0) is 42.0 Å². The van der Waals surface area contributed by atoms with Crippen LogP contribution in [0.25, 0.3) is 0 Å². The van der Waals surface area contributed by atoms with Gasteiger partial charge in [0.05, 0.1) is 5.56 Å². The largest absolute Gasteiger partial charge is 0.416 e. The van der Waals surface area contributed by atoms with E-state index in [0.717, 1.165) is 25.1 Å². The molecule has 2 N–H and O–H groups in total. The summed E-state index contributed by atoms with van der Waals surface area (Å²) in [5.41, 5.74) is 7.22. The van der Waals surface area contributed by atoms with Crippen molar-refractivity contribution in [2.24, 2.45) is 11.1 Å². The summed E-state index contributed by atoms with van der Waals surface area (Å²) in [6.07, 6.45) is -3.35. The van der Waals surface area contributed by atoms with Crippen molar-refractivity contribution in [3.8, 4) is 0 Å². The second-order valence-electron chi connectivity index (χ2n) is 6.73. The fourth-order valence-corrected chi connectivity index (χ4v) is 2.91. The molecule has 1 aromatic carbocycles. The molecule has 0 aromatic heterocycles. The minimum Gasteiger partial charge on any atom is -0.327 e. The van der Waals surface area contributed by atoms with E-state index in [1.807, 2.05) is 0 Å². The quantitative estimate of drug-likeness (QED) is 0.904. The van der Waals surface area contributed by atoms with Gasteiger partial charge in [0.15, 0.2) is 0 Å². The van der Waals surface area contributed by atoms with Crippen molar-refractivity contribution in [2.75, 3.05) is 13.1 Å². The normalized spacial score (nSPS) is 23.3. The SMILES string of the molecule is Cc1cc(C(F)(F)F)ccc1CN1CCC(N)C(C)(C)C1. The summed E-state index contributed by atoms with van der Waals surface area (Å²) in [6.45, 7) is 8.47. The van der Waals surface area contributed by atoms with Crippen molar-refractivity contribution < 1.29 is 13.2 Å². The van der Waals surface area contributed by atoms with Gasteiger partial charge in [-0.2, -0.15) is 13.2 Å². The lowest BCUT2D eigenvalue weighted by Gasteiger charge is -2.42. The van der Waals surface area contributed by atoms with Gasteiger partial charge in [0.25, 0.3) is 0 Å². The van der Waals surface area contributed by atoms with Crippen LogP contribution in [0.2, 0.25) is 0 Å². The average molecular weight is 300 g/mol. The highest BCUT2D eigenvalue weighted by molar-refractivity contribution is 5.32. The summed E-state index contributed by atoms with van der Waals surface area (Å²) in [5, 5.41) is 0. The highest BCUT2D eigenvalue weighted by atomic mass is 19.4. The molecule has 0 aliphatic carbocycles. The number of hydrogen-bond acceptors (Lipinski definition) is 2. The third kappa shape index (κ3) is 3.77. The zero-order chi connectivity index (χ0) is 15.8. The van der Waals surface area contributed by atoms with Crippen LogP contribution in [-0.4, -0.2) is 24.0 Å². The molecule has 2 rings (SSSR count). The smallest absolute Gasteiger partial charge is 0.327 e. The molecule has 0 bridgehead atoms. The van der Waals surface area contributed by atoms with Gasteiger partial charge in [-0.1, -0.05) is 19.9 Å². The van der Waals surface area contributed by atoms with Crippen molar-refractivity contribution >= 4 is 0 Å². The van der Waals surface area contributed by atoms with Gasteiger partial charge in [0.2, 0.25) is 0 Å². The lowest BCUT2D eigenvalue weighted by molar-refractivity contribution is -0.137. The summed E-state index contributed by atoms with van der Waals surface area (Å²) in [6, 6.07) is 4.18. The molecule has 1 aliphatic rings. The molecule has 5 heteroatoms. The Morgan fingerprint density at radius 2 is 2.00 bits per heavy atom. The molecule has 1 fully saturated rings. The summed E-state index contributed by atoms with van der Waals surface area (Å²) in [4.78, 5) is 2.28. The van der Waals surface area contributed by atoms with Gasteiger partial charge >= 0.3 is 6.18 Å². The first-order valence-electron chi connectivity index (χ1n) is 7.24. The van der Waals surface area contributed by atoms with E-state index in [2.05, 4.69) is 18.7 Å². The van der Waals surface area contributed by atoms with E-state index >= 15 is 0 Å². The van der Waals surface area contributed by atoms with Crippen molar-refractivity contribution in [3.63, 3.8) is 0 Å². The maximum absolute atomic E-state index is 12.7. The van der Waals surface area contributed by atoms with E-state index in [9.17, 15) is 13.2 Å².